The molecule has 1 aromatic rings. The maximum Gasteiger partial charge on any atom is 0.142 e. The predicted octanol–water partition coefficient (Wildman–Crippen LogP) is 3.61. The van der Waals surface area contributed by atoms with E-state index in [1.54, 1.807) is 0 Å². The zero-order valence-electron chi connectivity index (χ0n) is 10.7. The van der Waals surface area contributed by atoms with E-state index in [1.807, 2.05) is 0 Å². The molecule has 3 rings (SSSR count). The summed E-state index contributed by atoms with van der Waals surface area (Å²) in [6, 6.07) is 7.05. The average Bonchev–Trinajstić information content (AvgIpc) is 2.35. The highest BCUT2D eigenvalue weighted by atomic mass is 16.5. The third-order valence-electron chi connectivity index (χ3n) is 4.12. The molecule has 92 valence electrons. The van der Waals surface area contributed by atoms with E-state index in [9.17, 15) is 0 Å². The topological polar surface area (TPSA) is 21.3 Å². The van der Waals surface area contributed by atoms with Gasteiger partial charge in [0, 0.05) is 0 Å². The van der Waals surface area contributed by atoms with Crippen molar-refractivity contribution in [2.24, 2.45) is 5.92 Å². The van der Waals surface area contributed by atoms with E-state index >= 15 is 0 Å². The second-order valence-electron chi connectivity index (χ2n) is 5.51. The van der Waals surface area contributed by atoms with Crippen molar-refractivity contribution in [3.8, 4) is 5.75 Å². The first kappa shape index (κ1) is 10.9. The lowest BCUT2D eigenvalue weighted by molar-refractivity contribution is 0.112. The molecular formula is C15H21NO. The molecule has 17 heavy (non-hydrogen) atoms. The second-order valence-corrected chi connectivity index (χ2v) is 5.51. The van der Waals surface area contributed by atoms with Crippen LogP contribution in [0.1, 0.15) is 38.7 Å². The summed E-state index contributed by atoms with van der Waals surface area (Å²) in [4.78, 5) is 0. The Morgan fingerprint density at radius 2 is 2.24 bits per heavy atom. The van der Waals surface area contributed by atoms with Gasteiger partial charge >= 0.3 is 0 Å². The van der Waals surface area contributed by atoms with Crippen molar-refractivity contribution in [2.75, 3.05) is 5.32 Å². The minimum absolute atomic E-state index is 0.381. The monoisotopic (exact) mass is 231 g/mol. The quantitative estimate of drug-likeness (QED) is 0.797. The molecule has 2 aliphatic rings. The van der Waals surface area contributed by atoms with E-state index in [0.717, 1.165) is 18.1 Å². The summed E-state index contributed by atoms with van der Waals surface area (Å²) in [5.74, 6) is 1.86. The molecule has 0 amide bonds. The molecule has 1 heterocycles. The maximum atomic E-state index is 6.12. The molecule has 2 heteroatoms. The fourth-order valence-electron chi connectivity index (χ4n) is 3.02. The molecule has 1 aliphatic heterocycles. The first-order valence-electron chi connectivity index (χ1n) is 6.82. The molecule has 1 saturated carbocycles. The summed E-state index contributed by atoms with van der Waals surface area (Å²) in [5, 5.41) is 3.68. The van der Waals surface area contributed by atoms with Crippen LogP contribution in [-0.4, -0.2) is 12.1 Å². The molecule has 1 fully saturated rings. The molecule has 1 aliphatic carbocycles. The number of fused-ring (bicyclic) bond motifs is 2. The van der Waals surface area contributed by atoms with E-state index in [0.29, 0.717) is 12.1 Å². The third-order valence-corrected chi connectivity index (χ3v) is 4.12. The molecule has 3 unspecified atom stereocenters. The molecule has 0 spiro atoms. The summed E-state index contributed by atoms with van der Waals surface area (Å²) >= 11 is 0. The van der Waals surface area contributed by atoms with Crippen LogP contribution in [0, 0.1) is 5.92 Å². The van der Waals surface area contributed by atoms with Gasteiger partial charge in [-0.1, -0.05) is 19.9 Å². The first-order valence-corrected chi connectivity index (χ1v) is 6.82. The van der Waals surface area contributed by atoms with Crippen molar-refractivity contribution in [3.63, 3.8) is 0 Å². The lowest BCUT2D eigenvalue weighted by Gasteiger charge is -2.40. The Balaban J connectivity index is 1.86. The normalized spacial score (nSPS) is 30.8. The number of rotatable bonds is 1. The maximum absolute atomic E-state index is 6.12. The Bertz CT molecular complexity index is 415. The molecule has 2 nitrogen and oxygen atoms in total. The van der Waals surface area contributed by atoms with Crippen molar-refractivity contribution in [3.05, 3.63) is 23.8 Å². The Morgan fingerprint density at radius 1 is 1.35 bits per heavy atom. The number of ether oxygens (including phenoxy) is 1. The smallest absolute Gasteiger partial charge is 0.142 e. The molecule has 0 bridgehead atoms. The van der Waals surface area contributed by atoms with Crippen LogP contribution in [0.3, 0.4) is 0 Å². The number of nitrogens with one attached hydrogen (secondary N) is 1. The van der Waals surface area contributed by atoms with Gasteiger partial charge in [0.05, 0.1) is 11.7 Å². The molecule has 1 aromatic carbocycles. The number of hydrogen-bond donors (Lipinski definition) is 1. The van der Waals surface area contributed by atoms with E-state index < -0.39 is 0 Å². The summed E-state index contributed by atoms with van der Waals surface area (Å²) < 4.78 is 6.12. The zero-order valence-corrected chi connectivity index (χ0v) is 10.7. The van der Waals surface area contributed by atoms with Gasteiger partial charge < -0.3 is 10.1 Å². The Kier molecular flexibility index (Phi) is 2.73. The fourth-order valence-corrected chi connectivity index (χ4v) is 3.02. The summed E-state index contributed by atoms with van der Waals surface area (Å²) in [7, 11) is 0. The summed E-state index contributed by atoms with van der Waals surface area (Å²) in [5.41, 5.74) is 2.57. The van der Waals surface area contributed by atoms with Crippen molar-refractivity contribution in [2.45, 2.75) is 51.7 Å². The molecule has 0 saturated heterocycles. The van der Waals surface area contributed by atoms with E-state index in [-0.39, 0.29) is 0 Å². The highest BCUT2D eigenvalue weighted by molar-refractivity contribution is 5.60. The molecule has 1 N–H and O–H groups in total. The minimum atomic E-state index is 0.381. The molecular weight excluding hydrogens is 210 g/mol. The van der Waals surface area contributed by atoms with Crippen molar-refractivity contribution < 1.29 is 4.74 Å². The molecule has 0 aromatic heterocycles. The fraction of sp³-hybridized carbons (Fsp3) is 0.600. The largest absolute Gasteiger partial charge is 0.486 e. The molecule has 0 radical (unpaired) electrons. The Labute approximate surface area is 103 Å². The summed E-state index contributed by atoms with van der Waals surface area (Å²) in [6.45, 7) is 4.53. The van der Waals surface area contributed by atoms with Gasteiger partial charge in [0.25, 0.3) is 0 Å². The highest BCUT2D eigenvalue weighted by Crippen LogP contribution is 2.38. The van der Waals surface area contributed by atoms with Crippen LogP contribution in [0.15, 0.2) is 18.2 Å². The zero-order chi connectivity index (χ0) is 11.8. The van der Waals surface area contributed by atoms with Crippen LogP contribution >= 0.6 is 0 Å². The van der Waals surface area contributed by atoms with E-state index in [1.165, 1.54) is 30.5 Å². The van der Waals surface area contributed by atoms with Crippen LogP contribution in [0.25, 0.3) is 0 Å². The average molecular weight is 231 g/mol. The molecule has 3 atom stereocenters. The van der Waals surface area contributed by atoms with Crippen molar-refractivity contribution in [1.29, 1.82) is 0 Å². The van der Waals surface area contributed by atoms with Gasteiger partial charge in [-0.3, -0.25) is 0 Å². The van der Waals surface area contributed by atoms with Crippen LogP contribution in [0.4, 0.5) is 5.69 Å². The van der Waals surface area contributed by atoms with Crippen molar-refractivity contribution in [1.82, 2.24) is 0 Å². The van der Waals surface area contributed by atoms with Gasteiger partial charge in [-0.15, -0.1) is 0 Å². The SMILES string of the molecule is CCc1ccc2c(c1)NC1CC(C)CCC1O2. The van der Waals surface area contributed by atoms with E-state index in [4.69, 9.17) is 4.74 Å². The lowest BCUT2D eigenvalue weighted by Crippen LogP contribution is -2.45. The number of hydrogen-bond acceptors (Lipinski definition) is 2. The lowest BCUT2D eigenvalue weighted by atomic mass is 9.84. The third kappa shape index (κ3) is 2.01. The van der Waals surface area contributed by atoms with Gasteiger partial charge in [-0.05, 0) is 49.3 Å². The standard InChI is InChI=1S/C15H21NO/c1-3-11-5-7-15-13(9-11)16-12-8-10(2)4-6-14(12)17-15/h5,7,9-10,12,14,16H,3-4,6,8H2,1-2H3. The van der Waals surface area contributed by atoms with Crippen LogP contribution < -0.4 is 10.1 Å². The van der Waals surface area contributed by atoms with E-state index in [2.05, 4.69) is 37.4 Å². The number of benzene rings is 1. The highest BCUT2D eigenvalue weighted by Gasteiger charge is 2.34. The van der Waals surface area contributed by atoms with Gasteiger partial charge in [-0.25, -0.2) is 0 Å². The van der Waals surface area contributed by atoms with Gasteiger partial charge in [-0.2, -0.15) is 0 Å². The van der Waals surface area contributed by atoms with Crippen LogP contribution in [0.5, 0.6) is 5.75 Å². The van der Waals surface area contributed by atoms with Gasteiger partial charge in [0.15, 0.2) is 0 Å². The summed E-state index contributed by atoms with van der Waals surface area (Å²) in [6.07, 6.45) is 5.19. The predicted molar refractivity (Wildman–Crippen MR) is 70.7 cm³/mol. The minimum Gasteiger partial charge on any atom is -0.486 e. The first-order chi connectivity index (χ1) is 8.26. The Hall–Kier alpha value is -1.18. The van der Waals surface area contributed by atoms with Crippen molar-refractivity contribution >= 4 is 5.69 Å². The Morgan fingerprint density at radius 3 is 3.06 bits per heavy atom. The number of aryl methyl sites for hydroxylation is 1. The van der Waals surface area contributed by atoms with Gasteiger partial charge in [0.1, 0.15) is 11.9 Å². The van der Waals surface area contributed by atoms with Gasteiger partial charge in [0.2, 0.25) is 0 Å². The number of anilines is 1. The van der Waals surface area contributed by atoms with Crippen LogP contribution in [0.2, 0.25) is 0 Å². The second kappa shape index (κ2) is 4.25. The van der Waals surface area contributed by atoms with Crippen LogP contribution in [-0.2, 0) is 6.42 Å².